The Bertz CT molecular complexity index is 271. The van der Waals surface area contributed by atoms with Crippen LogP contribution in [0, 0.1) is 5.92 Å². The molecule has 110 valence electrons. The van der Waals surface area contributed by atoms with E-state index in [0.29, 0.717) is 13.1 Å². The van der Waals surface area contributed by atoms with Gasteiger partial charge in [0.05, 0.1) is 13.2 Å². The summed E-state index contributed by atoms with van der Waals surface area (Å²) in [6.07, 6.45) is 8.71. The molecule has 0 aromatic heterocycles. The summed E-state index contributed by atoms with van der Waals surface area (Å²) < 4.78 is 0. The molecule has 4 heteroatoms. The number of nitrogens with zero attached hydrogens (tertiary/aromatic N) is 2. The molecule has 2 aliphatic rings. The van der Waals surface area contributed by atoms with Gasteiger partial charge in [-0.3, -0.25) is 9.69 Å². The fraction of sp³-hybridized carbons (Fsp3) is 0.933. The molecule has 2 rings (SSSR count). The van der Waals surface area contributed by atoms with Crippen LogP contribution in [0.1, 0.15) is 44.9 Å². The van der Waals surface area contributed by atoms with Crippen LogP contribution in [0.3, 0.4) is 0 Å². The maximum Gasteiger partial charge on any atom is 0.236 e. The number of hydrogen-bond donors (Lipinski definition) is 1. The van der Waals surface area contributed by atoms with Crippen LogP contribution in [0.5, 0.6) is 0 Å². The third-order valence-corrected chi connectivity index (χ3v) is 4.20. The van der Waals surface area contributed by atoms with Crippen LogP contribution < -0.4 is 0 Å². The molecule has 4 nitrogen and oxygen atoms in total. The monoisotopic (exact) mass is 268 g/mol. The highest BCUT2D eigenvalue weighted by molar-refractivity contribution is 5.78. The third-order valence-electron chi connectivity index (χ3n) is 4.20. The zero-order valence-electron chi connectivity index (χ0n) is 12.0. The van der Waals surface area contributed by atoms with Crippen LogP contribution in [0.4, 0.5) is 0 Å². The third kappa shape index (κ3) is 5.49. The van der Waals surface area contributed by atoms with Crippen LogP contribution in [0.15, 0.2) is 0 Å². The van der Waals surface area contributed by atoms with Gasteiger partial charge in [-0.1, -0.05) is 19.3 Å². The Morgan fingerprint density at radius 2 is 1.74 bits per heavy atom. The molecule has 1 aliphatic carbocycles. The minimum Gasteiger partial charge on any atom is -0.395 e. The van der Waals surface area contributed by atoms with Crippen molar-refractivity contribution in [1.82, 2.24) is 9.80 Å². The zero-order chi connectivity index (χ0) is 13.5. The lowest BCUT2D eigenvalue weighted by Gasteiger charge is -2.28. The van der Waals surface area contributed by atoms with Gasteiger partial charge in [0, 0.05) is 26.2 Å². The maximum absolute atomic E-state index is 12.4. The van der Waals surface area contributed by atoms with Crippen LogP contribution >= 0.6 is 0 Å². The summed E-state index contributed by atoms with van der Waals surface area (Å²) in [5, 5.41) is 9.11. The molecule has 0 atom stereocenters. The fourth-order valence-electron chi connectivity index (χ4n) is 2.83. The molecule has 1 heterocycles. The number of carbonyl (C=O) groups is 1. The van der Waals surface area contributed by atoms with E-state index >= 15 is 0 Å². The molecule has 19 heavy (non-hydrogen) atoms. The first kappa shape index (κ1) is 14.8. The van der Waals surface area contributed by atoms with Crippen LogP contribution in [0.2, 0.25) is 0 Å². The predicted octanol–water partition coefficient (Wildman–Crippen LogP) is 1.48. The normalized spacial score (nSPS) is 21.3. The Balaban J connectivity index is 1.78. The van der Waals surface area contributed by atoms with Crippen molar-refractivity contribution in [2.45, 2.75) is 44.9 Å². The van der Waals surface area contributed by atoms with Gasteiger partial charge in [0.25, 0.3) is 0 Å². The van der Waals surface area contributed by atoms with E-state index in [4.69, 9.17) is 5.11 Å². The van der Waals surface area contributed by atoms with Gasteiger partial charge in [0.15, 0.2) is 0 Å². The number of rotatable bonds is 6. The molecule has 0 aromatic carbocycles. The average molecular weight is 268 g/mol. The lowest BCUT2D eigenvalue weighted by molar-refractivity contribution is -0.132. The lowest BCUT2D eigenvalue weighted by Crippen LogP contribution is -2.43. The number of carbonyl (C=O) groups excluding carboxylic acids is 1. The van der Waals surface area contributed by atoms with Gasteiger partial charge in [-0.25, -0.2) is 0 Å². The number of hydrogen-bond acceptors (Lipinski definition) is 3. The second-order valence-electron chi connectivity index (χ2n) is 6.05. The molecule has 2 fully saturated rings. The van der Waals surface area contributed by atoms with Crippen molar-refractivity contribution in [2.75, 3.05) is 39.3 Å². The van der Waals surface area contributed by atoms with E-state index in [0.717, 1.165) is 38.4 Å². The van der Waals surface area contributed by atoms with Gasteiger partial charge >= 0.3 is 0 Å². The maximum atomic E-state index is 12.4. The lowest BCUT2D eigenvalue weighted by atomic mass is 10.1. The molecule has 1 saturated carbocycles. The number of aliphatic hydroxyl groups excluding tert-OH is 1. The molecule has 0 radical (unpaired) electrons. The molecule has 0 aromatic rings. The zero-order valence-corrected chi connectivity index (χ0v) is 12.0. The van der Waals surface area contributed by atoms with E-state index in [9.17, 15) is 4.79 Å². The van der Waals surface area contributed by atoms with E-state index in [1.165, 1.54) is 32.1 Å². The van der Waals surface area contributed by atoms with E-state index in [1.807, 2.05) is 4.90 Å². The first-order valence-corrected chi connectivity index (χ1v) is 7.90. The van der Waals surface area contributed by atoms with Crippen molar-refractivity contribution in [3.63, 3.8) is 0 Å². The van der Waals surface area contributed by atoms with E-state index in [-0.39, 0.29) is 12.5 Å². The van der Waals surface area contributed by atoms with Gasteiger partial charge in [0.2, 0.25) is 5.91 Å². The minimum atomic E-state index is 0.153. The molecule has 0 unspecified atom stereocenters. The Morgan fingerprint density at radius 3 is 2.32 bits per heavy atom. The van der Waals surface area contributed by atoms with Crippen LogP contribution in [-0.2, 0) is 4.79 Å². The summed E-state index contributed by atoms with van der Waals surface area (Å²) in [5.41, 5.74) is 0. The number of amides is 1. The topological polar surface area (TPSA) is 43.8 Å². The first-order chi connectivity index (χ1) is 9.29. The second-order valence-corrected chi connectivity index (χ2v) is 6.05. The molecule has 1 N–H and O–H groups in total. The average Bonchev–Trinajstić information content (AvgIpc) is 3.12. The highest BCUT2D eigenvalue weighted by Crippen LogP contribution is 2.29. The summed E-state index contributed by atoms with van der Waals surface area (Å²) in [4.78, 5) is 16.5. The summed E-state index contributed by atoms with van der Waals surface area (Å²) in [5.74, 6) is 1.03. The molecular formula is C15H28N2O2. The number of aliphatic hydroxyl groups is 1. The van der Waals surface area contributed by atoms with Gasteiger partial charge in [-0.05, 0) is 31.6 Å². The Morgan fingerprint density at radius 1 is 1.11 bits per heavy atom. The van der Waals surface area contributed by atoms with Crippen LogP contribution in [-0.4, -0.2) is 60.1 Å². The van der Waals surface area contributed by atoms with Crippen molar-refractivity contribution in [3.8, 4) is 0 Å². The molecule has 0 spiro atoms. The van der Waals surface area contributed by atoms with Gasteiger partial charge in [-0.15, -0.1) is 0 Å². The Kier molecular flexibility index (Phi) is 6.11. The fourth-order valence-corrected chi connectivity index (χ4v) is 2.83. The van der Waals surface area contributed by atoms with Crippen molar-refractivity contribution in [1.29, 1.82) is 0 Å². The largest absolute Gasteiger partial charge is 0.395 e. The predicted molar refractivity (Wildman–Crippen MR) is 75.9 cm³/mol. The van der Waals surface area contributed by atoms with Gasteiger partial charge in [-0.2, -0.15) is 0 Å². The summed E-state index contributed by atoms with van der Waals surface area (Å²) >= 11 is 0. The number of likely N-dealkylation sites (tertiary alicyclic amines) is 1. The van der Waals surface area contributed by atoms with E-state index in [2.05, 4.69) is 4.90 Å². The summed E-state index contributed by atoms with van der Waals surface area (Å²) in [6, 6.07) is 0. The molecule has 1 aliphatic heterocycles. The standard InChI is InChI=1S/C15H28N2O2/c18-11-10-16(12-14-6-7-14)13-15(19)17-8-4-2-1-3-5-9-17/h14,18H,1-13H2. The highest BCUT2D eigenvalue weighted by atomic mass is 16.3. The molecule has 1 amide bonds. The molecule has 0 bridgehead atoms. The van der Waals surface area contributed by atoms with E-state index < -0.39 is 0 Å². The summed E-state index contributed by atoms with van der Waals surface area (Å²) in [7, 11) is 0. The SMILES string of the molecule is O=C(CN(CCO)CC1CC1)N1CCCCCCC1. The Labute approximate surface area is 116 Å². The smallest absolute Gasteiger partial charge is 0.236 e. The van der Waals surface area contributed by atoms with Crippen LogP contribution in [0.25, 0.3) is 0 Å². The first-order valence-electron chi connectivity index (χ1n) is 7.90. The molecular weight excluding hydrogens is 240 g/mol. The van der Waals surface area contributed by atoms with Crippen molar-refractivity contribution in [2.24, 2.45) is 5.92 Å². The second kappa shape index (κ2) is 7.85. The van der Waals surface area contributed by atoms with Crippen molar-refractivity contribution in [3.05, 3.63) is 0 Å². The Hall–Kier alpha value is -0.610. The van der Waals surface area contributed by atoms with Crippen molar-refractivity contribution < 1.29 is 9.90 Å². The minimum absolute atomic E-state index is 0.153. The highest BCUT2D eigenvalue weighted by Gasteiger charge is 2.26. The van der Waals surface area contributed by atoms with Crippen molar-refractivity contribution >= 4 is 5.91 Å². The summed E-state index contributed by atoms with van der Waals surface area (Å²) in [6.45, 7) is 4.12. The molecule has 1 saturated heterocycles. The van der Waals surface area contributed by atoms with Gasteiger partial charge in [0.1, 0.15) is 0 Å². The van der Waals surface area contributed by atoms with E-state index in [1.54, 1.807) is 0 Å². The quantitative estimate of drug-likeness (QED) is 0.793. The van der Waals surface area contributed by atoms with Gasteiger partial charge < -0.3 is 10.0 Å².